The Hall–Kier alpha value is -1.54. The maximum absolute atomic E-state index is 13.0. The smallest absolute Gasteiger partial charge is 0.387 e. The second kappa shape index (κ2) is 50.4. The van der Waals surface area contributed by atoms with Crippen LogP contribution in [0.15, 0.2) is 48.6 Å². The number of carbonyl (C=O) groups is 1. The van der Waals surface area contributed by atoms with E-state index in [0.717, 1.165) is 44.9 Å². The zero-order valence-electron chi connectivity index (χ0n) is 45.6. The lowest BCUT2D eigenvalue weighted by atomic mass is 10.0. The molecule has 0 aliphatic rings. The Morgan fingerprint density at radius 3 is 1.26 bits per heavy atom. The molecule has 0 aromatic carbocycles. The Morgan fingerprint density at radius 1 is 0.500 bits per heavy atom. The van der Waals surface area contributed by atoms with Crippen molar-refractivity contribution in [2.45, 2.75) is 283 Å². The van der Waals surface area contributed by atoms with Gasteiger partial charge in [0.05, 0.1) is 39.9 Å². The topological polar surface area (TPSA) is 105 Å². The fourth-order valence-electron chi connectivity index (χ4n) is 8.44. The SMILES string of the molecule is CCCCCCCCCCC/C=C\C/C=C\CCCCCCCCCCCC(=O)NC(COP(=O)(O)OCC[N+](C)(C)C)C(O)/C=C/CC/C=C/CCCCCCCCCCCCCCCCC. The molecular weight excluding hydrogens is 864 g/mol. The minimum absolute atomic E-state index is 0.0546. The van der Waals surface area contributed by atoms with Crippen LogP contribution in [-0.2, 0) is 18.4 Å². The van der Waals surface area contributed by atoms with Crippen molar-refractivity contribution in [1.82, 2.24) is 5.32 Å². The summed E-state index contributed by atoms with van der Waals surface area (Å²) in [7, 11) is 1.55. The number of phosphoric acid groups is 1. The first-order chi connectivity index (χ1) is 33.0. The molecule has 0 radical (unpaired) electrons. The number of nitrogens with zero attached hydrogens (tertiary/aromatic N) is 1. The molecule has 1 amide bonds. The Balaban J connectivity index is 4.26. The maximum Gasteiger partial charge on any atom is 0.472 e. The highest BCUT2D eigenvalue weighted by Gasteiger charge is 2.27. The number of nitrogens with one attached hydrogen (secondary N) is 1. The highest BCUT2D eigenvalue weighted by molar-refractivity contribution is 7.47. The summed E-state index contributed by atoms with van der Waals surface area (Å²) in [4.78, 5) is 23.3. The summed E-state index contributed by atoms with van der Waals surface area (Å²) in [6.07, 6.45) is 66.4. The number of carbonyl (C=O) groups excluding carboxylic acids is 1. The van der Waals surface area contributed by atoms with Gasteiger partial charge in [-0.05, 0) is 64.2 Å². The van der Waals surface area contributed by atoms with E-state index in [2.05, 4.69) is 55.6 Å². The van der Waals surface area contributed by atoms with Crippen molar-refractivity contribution in [3.05, 3.63) is 48.6 Å². The zero-order valence-corrected chi connectivity index (χ0v) is 46.5. The monoisotopic (exact) mass is 978 g/mol. The van der Waals surface area contributed by atoms with Crippen LogP contribution in [-0.4, -0.2) is 73.4 Å². The average Bonchev–Trinajstić information content (AvgIpc) is 3.30. The molecule has 400 valence electrons. The van der Waals surface area contributed by atoms with Crippen molar-refractivity contribution in [1.29, 1.82) is 0 Å². The van der Waals surface area contributed by atoms with E-state index in [4.69, 9.17) is 9.05 Å². The molecule has 0 heterocycles. The zero-order chi connectivity index (χ0) is 49.9. The molecule has 3 atom stereocenters. The van der Waals surface area contributed by atoms with Gasteiger partial charge in [0.2, 0.25) is 5.91 Å². The van der Waals surface area contributed by atoms with Gasteiger partial charge in [-0.3, -0.25) is 13.8 Å². The largest absolute Gasteiger partial charge is 0.472 e. The number of rotatable bonds is 53. The molecule has 68 heavy (non-hydrogen) atoms. The Labute approximate surface area is 422 Å². The normalized spacial score (nSPS) is 14.3. The summed E-state index contributed by atoms with van der Waals surface area (Å²) in [5.41, 5.74) is 0. The number of allylic oxidation sites excluding steroid dienone is 7. The highest BCUT2D eigenvalue weighted by atomic mass is 31.2. The van der Waals surface area contributed by atoms with Crippen LogP contribution in [0.5, 0.6) is 0 Å². The molecule has 0 aromatic heterocycles. The predicted molar refractivity (Wildman–Crippen MR) is 295 cm³/mol. The molecule has 0 aliphatic heterocycles. The molecule has 0 saturated carbocycles. The number of phosphoric ester groups is 1. The van der Waals surface area contributed by atoms with Gasteiger partial charge in [0.25, 0.3) is 0 Å². The Kier molecular flexibility index (Phi) is 49.3. The lowest BCUT2D eigenvalue weighted by Gasteiger charge is -2.25. The summed E-state index contributed by atoms with van der Waals surface area (Å²) in [5, 5.41) is 13.9. The third kappa shape index (κ3) is 52.3. The summed E-state index contributed by atoms with van der Waals surface area (Å²) in [5.74, 6) is -0.189. The summed E-state index contributed by atoms with van der Waals surface area (Å²) < 4.78 is 23.7. The standard InChI is InChI=1S/C59H113N2O6P/c1-6-8-10-12-14-16-18-20-22-24-26-28-29-30-31-33-35-37-39-41-43-45-47-49-51-53-59(63)60-57(56-67-68(64,65)66-55-54-61(3,4)5)58(62)52-50-48-46-44-42-40-38-36-34-32-27-25-23-21-19-17-15-13-11-9-7-2/h26,28,30-31,42,44,50,52,57-58,62H,6-25,27,29,32-41,43,45-49,51,53-56H2,1-5H3,(H-,60,63,64,65)/p+1/b28-26-,31-30-,44-42+,52-50+. The molecule has 3 N–H and O–H groups in total. The van der Waals surface area contributed by atoms with E-state index in [1.807, 2.05) is 27.2 Å². The molecule has 8 nitrogen and oxygen atoms in total. The lowest BCUT2D eigenvalue weighted by Crippen LogP contribution is -2.45. The first-order valence-corrected chi connectivity index (χ1v) is 30.5. The van der Waals surface area contributed by atoms with Crippen molar-refractivity contribution >= 4 is 13.7 Å². The Morgan fingerprint density at radius 2 is 0.853 bits per heavy atom. The fourth-order valence-corrected chi connectivity index (χ4v) is 9.18. The predicted octanol–water partition coefficient (Wildman–Crippen LogP) is 17.5. The van der Waals surface area contributed by atoms with E-state index in [9.17, 15) is 19.4 Å². The molecule has 9 heteroatoms. The third-order valence-corrected chi connectivity index (χ3v) is 14.0. The van der Waals surface area contributed by atoms with E-state index in [1.54, 1.807) is 6.08 Å². The van der Waals surface area contributed by atoms with Crippen molar-refractivity contribution < 1.29 is 32.9 Å². The van der Waals surface area contributed by atoms with Gasteiger partial charge < -0.3 is 19.8 Å². The minimum Gasteiger partial charge on any atom is -0.387 e. The van der Waals surface area contributed by atoms with Gasteiger partial charge in [-0.1, -0.05) is 249 Å². The van der Waals surface area contributed by atoms with Gasteiger partial charge in [0.1, 0.15) is 13.2 Å². The molecule has 0 saturated heterocycles. The van der Waals surface area contributed by atoms with Crippen molar-refractivity contribution in [3.63, 3.8) is 0 Å². The molecule has 0 rings (SSSR count). The van der Waals surface area contributed by atoms with E-state index < -0.39 is 20.0 Å². The number of aliphatic hydroxyl groups is 1. The van der Waals surface area contributed by atoms with Gasteiger partial charge in [0, 0.05) is 6.42 Å². The highest BCUT2D eigenvalue weighted by Crippen LogP contribution is 2.43. The van der Waals surface area contributed by atoms with Gasteiger partial charge >= 0.3 is 7.82 Å². The molecule has 0 aromatic rings. The van der Waals surface area contributed by atoms with Gasteiger partial charge in [-0.15, -0.1) is 0 Å². The fraction of sp³-hybridized carbons (Fsp3) is 0.847. The lowest BCUT2D eigenvalue weighted by molar-refractivity contribution is -0.870. The quantitative estimate of drug-likeness (QED) is 0.0243. The van der Waals surface area contributed by atoms with Gasteiger partial charge in [-0.25, -0.2) is 4.57 Å². The average molecular weight is 979 g/mol. The van der Waals surface area contributed by atoms with Crippen LogP contribution in [0.1, 0.15) is 271 Å². The molecule has 0 bridgehead atoms. The van der Waals surface area contributed by atoms with E-state index in [-0.39, 0.29) is 19.1 Å². The number of amides is 1. The number of quaternary nitrogens is 1. The van der Waals surface area contributed by atoms with Crippen LogP contribution in [0.25, 0.3) is 0 Å². The van der Waals surface area contributed by atoms with Gasteiger partial charge in [-0.2, -0.15) is 0 Å². The first kappa shape index (κ1) is 66.5. The molecule has 3 unspecified atom stereocenters. The molecular formula is C59H114N2O6P+. The number of unbranched alkanes of at least 4 members (excludes halogenated alkanes) is 34. The second-order valence-electron chi connectivity index (χ2n) is 21.0. The van der Waals surface area contributed by atoms with Crippen LogP contribution < -0.4 is 5.32 Å². The Bertz CT molecular complexity index is 1250. The van der Waals surface area contributed by atoms with E-state index in [0.29, 0.717) is 17.4 Å². The van der Waals surface area contributed by atoms with Crippen molar-refractivity contribution in [2.24, 2.45) is 0 Å². The van der Waals surface area contributed by atoms with Crippen LogP contribution in [0.4, 0.5) is 0 Å². The van der Waals surface area contributed by atoms with E-state index >= 15 is 0 Å². The van der Waals surface area contributed by atoms with Crippen LogP contribution in [0.3, 0.4) is 0 Å². The van der Waals surface area contributed by atoms with E-state index in [1.165, 1.54) is 205 Å². The molecule has 0 spiro atoms. The number of aliphatic hydroxyl groups excluding tert-OH is 1. The third-order valence-electron chi connectivity index (χ3n) is 13.0. The van der Waals surface area contributed by atoms with Crippen molar-refractivity contribution in [2.75, 3.05) is 40.9 Å². The van der Waals surface area contributed by atoms with Crippen molar-refractivity contribution in [3.8, 4) is 0 Å². The minimum atomic E-state index is -4.36. The summed E-state index contributed by atoms with van der Waals surface area (Å²) in [6, 6.07) is -0.867. The maximum atomic E-state index is 13.0. The summed E-state index contributed by atoms with van der Waals surface area (Å²) >= 11 is 0. The van der Waals surface area contributed by atoms with Gasteiger partial charge in [0.15, 0.2) is 0 Å². The number of hydrogen-bond acceptors (Lipinski definition) is 5. The summed E-state index contributed by atoms with van der Waals surface area (Å²) in [6.45, 7) is 4.82. The van der Waals surface area contributed by atoms with Crippen LogP contribution in [0.2, 0.25) is 0 Å². The molecule has 0 aliphatic carbocycles. The first-order valence-electron chi connectivity index (χ1n) is 29.0. The van der Waals surface area contributed by atoms with Crippen LogP contribution in [0, 0.1) is 0 Å². The number of likely N-dealkylation sites (N-methyl/N-ethyl adjacent to an activating group) is 1. The number of hydrogen-bond donors (Lipinski definition) is 3. The van der Waals surface area contributed by atoms with Crippen LogP contribution >= 0.6 is 7.82 Å². The second-order valence-corrected chi connectivity index (χ2v) is 22.5. The molecule has 0 fully saturated rings.